The topological polar surface area (TPSA) is 22.4 Å². The summed E-state index contributed by atoms with van der Waals surface area (Å²) >= 11 is 3.75. The van der Waals surface area contributed by atoms with Gasteiger partial charge in [-0.05, 0) is 30.7 Å². The van der Waals surface area contributed by atoms with Crippen LogP contribution in [-0.4, -0.2) is 6.61 Å². The average molecular weight is 321 g/mol. The Hall–Kier alpha value is -1.22. The molecule has 0 fully saturated rings. The summed E-state index contributed by atoms with van der Waals surface area (Å²) in [6, 6.07) is 8.49. The molecule has 2 nitrogen and oxygen atoms in total. The first-order chi connectivity index (χ1) is 8.97. The Morgan fingerprint density at radius 1 is 1.21 bits per heavy atom. The van der Waals surface area contributed by atoms with E-state index in [-0.39, 0.29) is 10.2 Å². The Bertz CT molecular complexity index is 613. The molecule has 3 rings (SSSR count). The maximum absolute atomic E-state index is 5.72. The van der Waals surface area contributed by atoms with Crippen LogP contribution in [0.2, 0.25) is 0 Å². The lowest BCUT2D eigenvalue weighted by molar-refractivity contribution is 0.291. The Morgan fingerprint density at radius 3 is 2.68 bits per heavy atom. The van der Waals surface area contributed by atoms with Crippen molar-refractivity contribution in [2.75, 3.05) is 6.61 Å². The highest BCUT2D eigenvalue weighted by molar-refractivity contribution is 9.09. The maximum Gasteiger partial charge on any atom is 0.123 e. The molecular formula is C16H17BrO2. The van der Waals surface area contributed by atoms with E-state index in [4.69, 9.17) is 9.15 Å². The molecule has 1 unspecified atom stereocenters. The maximum atomic E-state index is 5.72. The van der Waals surface area contributed by atoms with Gasteiger partial charge in [-0.25, -0.2) is 0 Å². The molecule has 1 aliphatic heterocycles. The largest absolute Gasteiger partial charge is 0.492 e. The summed E-state index contributed by atoms with van der Waals surface area (Å²) in [6.07, 6.45) is 1.81. The highest BCUT2D eigenvalue weighted by Gasteiger charge is 2.32. The lowest BCUT2D eigenvalue weighted by atomic mass is 9.85. The first kappa shape index (κ1) is 12.8. The first-order valence-corrected chi connectivity index (χ1v) is 7.35. The van der Waals surface area contributed by atoms with Crippen molar-refractivity contribution in [3.05, 3.63) is 53.0 Å². The molecule has 0 bridgehead atoms. The van der Waals surface area contributed by atoms with E-state index in [2.05, 4.69) is 54.0 Å². The standard InChI is InChI=1S/C16H17BrO2/c1-10-6-12(8-18-10)15(17)11-4-5-14-13(7-11)16(2,3)9-19-14/h4-8,15H,9H2,1-3H3. The van der Waals surface area contributed by atoms with E-state index in [1.165, 1.54) is 11.1 Å². The fraction of sp³-hybridized carbons (Fsp3) is 0.375. The zero-order valence-corrected chi connectivity index (χ0v) is 13.0. The zero-order valence-electron chi connectivity index (χ0n) is 11.4. The van der Waals surface area contributed by atoms with Gasteiger partial charge in [0.25, 0.3) is 0 Å². The van der Waals surface area contributed by atoms with E-state index >= 15 is 0 Å². The minimum Gasteiger partial charge on any atom is -0.492 e. The van der Waals surface area contributed by atoms with Gasteiger partial charge in [-0.1, -0.05) is 35.8 Å². The molecule has 2 heterocycles. The minimum absolute atomic E-state index is 0.0877. The van der Waals surface area contributed by atoms with Crippen LogP contribution in [0.15, 0.2) is 34.9 Å². The molecule has 1 aromatic carbocycles. The SMILES string of the molecule is Cc1cc(C(Br)c2ccc3c(c2)C(C)(C)CO3)co1. The molecule has 19 heavy (non-hydrogen) atoms. The van der Waals surface area contributed by atoms with Crippen LogP contribution in [0.5, 0.6) is 5.75 Å². The number of aryl methyl sites for hydroxylation is 1. The molecule has 3 heteroatoms. The van der Waals surface area contributed by atoms with Crippen molar-refractivity contribution in [2.24, 2.45) is 0 Å². The normalized spacial score (nSPS) is 17.9. The van der Waals surface area contributed by atoms with Gasteiger partial charge >= 0.3 is 0 Å². The quantitative estimate of drug-likeness (QED) is 0.745. The second-order valence-electron chi connectivity index (χ2n) is 5.78. The second kappa shape index (κ2) is 4.41. The molecular weight excluding hydrogens is 304 g/mol. The van der Waals surface area contributed by atoms with Crippen LogP contribution in [0.3, 0.4) is 0 Å². The molecule has 2 aromatic rings. The third kappa shape index (κ3) is 2.20. The summed E-state index contributed by atoms with van der Waals surface area (Å²) in [5, 5.41) is 0. The molecule has 1 aromatic heterocycles. The number of benzene rings is 1. The highest BCUT2D eigenvalue weighted by atomic mass is 79.9. The summed E-state index contributed by atoms with van der Waals surface area (Å²) in [5.41, 5.74) is 3.76. The van der Waals surface area contributed by atoms with Crippen LogP contribution in [0.25, 0.3) is 0 Å². The smallest absolute Gasteiger partial charge is 0.123 e. The monoisotopic (exact) mass is 320 g/mol. The van der Waals surface area contributed by atoms with Gasteiger partial charge in [-0.15, -0.1) is 0 Å². The number of halogens is 1. The van der Waals surface area contributed by atoms with Gasteiger partial charge in [0.2, 0.25) is 0 Å². The molecule has 0 N–H and O–H groups in total. The Labute approximate surface area is 121 Å². The molecule has 0 aliphatic carbocycles. The number of furan rings is 1. The van der Waals surface area contributed by atoms with Crippen LogP contribution in [0.4, 0.5) is 0 Å². The van der Waals surface area contributed by atoms with E-state index in [0.717, 1.165) is 23.7 Å². The van der Waals surface area contributed by atoms with E-state index in [0.29, 0.717) is 0 Å². The van der Waals surface area contributed by atoms with Crippen molar-refractivity contribution in [3.63, 3.8) is 0 Å². The van der Waals surface area contributed by atoms with Gasteiger partial charge in [-0.2, -0.15) is 0 Å². The molecule has 0 radical (unpaired) electrons. The summed E-state index contributed by atoms with van der Waals surface area (Å²) < 4.78 is 11.1. The molecule has 1 aliphatic rings. The lowest BCUT2D eigenvalue weighted by Gasteiger charge is -2.17. The van der Waals surface area contributed by atoms with E-state index in [1.54, 1.807) is 0 Å². The van der Waals surface area contributed by atoms with Gasteiger partial charge in [0.05, 0.1) is 17.7 Å². The van der Waals surface area contributed by atoms with Gasteiger partial charge in [-0.3, -0.25) is 0 Å². The van der Waals surface area contributed by atoms with Crippen LogP contribution in [-0.2, 0) is 5.41 Å². The predicted molar refractivity (Wildman–Crippen MR) is 79.2 cm³/mol. The van der Waals surface area contributed by atoms with Crippen LogP contribution in [0, 0.1) is 6.92 Å². The molecule has 0 saturated carbocycles. The Kier molecular flexibility index (Phi) is 2.97. The van der Waals surface area contributed by atoms with Crippen molar-refractivity contribution < 1.29 is 9.15 Å². The van der Waals surface area contributed by atoms with Gasteiger partial charge in [0.15, 0.2) is 0 Å². The lowest BCUT2D eigenvalue weighted by Crippen LogP contribution is -2.18. The van der Waals surface area contributed by atoms with Gasteiger partial charge < -0.3 is 9.15 Å². The molecule has 1 atom stereocenters. The van der Waals surface area contributed by atoms with Crippen molar-refractivity contribution in [1.29, 1.82) is 0 Å². The molecule has 100 valence electrons. The fourth-order valence-electron chi connectivity index (χ4n) is 2.49. The number of fused-ring (bicyclic) bond motifs is 1. The minimum atomic E-state index is 0.0877. The average Bonchev–Trinajstić information content (AvgIpc) is 2.93. The van der Waals surface area contributed by atoms with Crippen LogP contribution >= 0.6 is 15.9 Å². The molecule has 0 spiro atoms. The number of alkyl halides is 1. The third-order valence-electron chi connectivity index (χ3n) is 3.66. The van der Waals surface area contributed by atoms with Crippen LogP contribution < -0.4 is 4.74 Å². The van der Waals surface area contributed by atoms with Gasteiger partial charge in [0.1, 0.15) is 11.5 Å². The zero-order chi connectivity index (χ0) is 13.6. The predicted octanol–water partition coefficient (Wildman–Crippen LogP) is 4.74. The highest BCUT2D eigenvalue weighted by Crippen LogP contribution is 2.41. The summed E-state index contributed by atoms with van der Waals surface area (Å²) in [4.78, 5) is 0.159. The number of hydrogen-bond donors (Lipinski definition) is 0. The van der Waals surface area contributed by atoms with E-state index in [9.17, 15) is 0 Å². The first-order valence-electron chi connectivity index (χ1n) is 6.44. The van der Waals surface area contributed by atoms with Crippen molar-refractivity contribution >= 4 is 15.9 Å². The Morgan fingerprint density at radius 2 is 2.00 bits per heavy atom. The van der Waals surface area contributed by atoms with Crippen molar-refractivity contribution in [3.8, 4) is 5.75 Å². The summed E-state index contributed by atoms with van der Waals surface area (Å²) in [6.45, 7) is 7.15. The van der Waals surface area contributed by atoms with Gasteiger partial charge in [0, 0.05) is 16.5 Å². The van der Waals surface area contributed by atoms with Crippen molar-refractivity contribution in [2.45, 2.75) is 31.0 Å². The second-order valence-corrected chi connectivity index (χ2v) is 6.70. The summed E-state index contributed by atoms with van der Waals surface area (Å²) in [7, 11) is 0. The molecule has 0 amide bonds. The summed E-state index contributed by atoms with van der Waals surface area (Å²) in [5.74, 6) is 1.95. The number of hydrogen-bond acceptors (Lipinski definition) is 2. The van der Waals surface area contributed by atoms with Crippen molar-refractivity contribution in [1.82, 2.24) is 0 Å². The number of rotatable bonds is 2. The number of ether oxygens (including phenoxy) is 1. The van der Waals surface area contributed by atoms with Crippen LogP contribution in [0.1, 0.15) is 41.1 Å². The molecule has 0 saturated heterocycles. The van der Waals surface area contributed by atoms with E-state index in [1.807, 2.05) is 13.2 Å². The van der Waals surface area contributed by atoms with E-state index < -0.39 is 0 Å². The fourth-order valence-corrected chi connectivity index (χ4v) is 3.01. The third-order valence-corrected chi connectivity index (χ3v) is 4.71. The Balaban J connectivity index is 1.99.